The van der Waals surface area contributed by atoms with Crippen LogP contribution >= 0.6 is 11.6 Å². The molecule has 0 radical (unpaired) electrons. The molecule has 0 bridgehead atoms. The maximum atomic E-state index is 12.5. The van der Waals surface area contributed by atoms with E-state index in [2.05, 4.69) is 0 Å². The van der Waals surface area contributed by atoms with Crippen LogP contribution in [0.1, 0.15) is 27.0 Å². The van der Waals surface area contributed by atoms with E-state index in [1.807, 2.05) is 0 Å². The molecule has 0 spiro atoms. The zero-order chi connectivity index (χ0) is 13.2. The lowest BCUT2D eigenvalue weighted by Crippen LogP contribution is -2.12. The van der Waals surface area contributed by atoms with E-state index < -0.39 is 34.7 Å². The molecule has 0 aliphatic heterocycles. The Morgan fingerprint density at radius 2 is 2.06 bits per heavy atom. The highest BCUT2D eigenvalue weighted by Gasteiger charge is 2.35. The van der Waals surface area contributed by atoms with E-state index >= 15 is 0 Å². The summed E-state index contributed by atoms with van der Waals surface area (Å²) in [4.78, 5) is 10.8. The number of carboxylic acid groups (broad SMARTS) is 1. The summed E-state index contributed by atoms with van der Waals surface area (Å²) < 4.78 is 37.6. The highest BCUT2D eigenvalue weighted by Crippen LogP contribution is 2.34. The molecular weight excluding hydrogens is 259 g/mol. The van der Waals surface area contributed by atoms with E-state index in [4.69, 9.17) is 22.0 Å². The fourth-order valence-corrected chi connectivity index (χ4v) is 1.63. The summed E-state index contributed by atoms with van der Waals surface area (Å²) in [5, 5.41) is 17.5. The van der Waals surface area contributed by atoms with Gasteiger partial charge in [0.1, 0.15) is 6.07 Å². The minimum atomic E-state index is -4.72. The average Bonchev–Trinajstić information content (AvgIpc) is 2.25. The van der Waals surface area contributed by atoms with Crippen LogP contribution in [0.4, 0.5) is 13.2 Å². The van der Waals surface area contributed by atoms with Gasteiger partial charge in [-0.3, -0.25) is 0 Å². The number of carboxylic acids is 1. The lowest BCUT2D eigenvalue weighted by molar-refractivity contribution is -0.137. The minimum Gasteiger partial charge on any atom is -0.478 e. The third-order valence-corrected chi connectivity index (χ3v) is 2.36. The first-order valence-corrected chi connectivity index (χ1v) is 4.78. The van der Waals surface area contributed by atoms with E-state index in [1.165, 1.54) is 6.07 Å². The van der Waals surface area contributed by atoms with E-state index in [0.717, 1.165) is 6.07 Å². The first kappa shape index (κ1) is 13.3. The third-order valence-electron chi connectivity index (χ3n) is 2.09. The molecule has 0 fully saturated rings. The number of halogens is 4. The van der Waals surface area contributed by atoms with E-state index in [0.29, 0.717) is 6.07 Å². The van der Waals surface area contributed by atoms with Crippen LogP contribution in [-0.4, -0.2) is 11.1 Å². The third kappa shape index (κ3) is 2.50. The number of aromatic carboxylic acids is 1. The molecule has 1 aromatic rings. The number of alkyl halides is 4. The zero-order valence-corrected chi connectivity index (χ0v) is 8.93. The van der Waals surface area contributed by atoms with E-state index in [-0.39, 0.29) is 5.56 Å². The molecule has 0 aliphatic carbocycles. The lowest BCUT2D eigenvalue weighted by atomic mass is 9.97. The number of rotatable bonds is 2. The molecule has 3 nitrogen and oxygen atoms in total. The average molecular weight is 264 g/mol. The smallest absolute Gasteiger partial charge is 0.417 e. The van der Waals surface area contributed by atoms with Gasteiger partial charge in [-0.15, -0.1) is 11.6 Å². The largest absolute Gasteiger partial charge is 0.478 e. The first-order chi connectivity index (χ1) is 7.82. The SMILES string of the molecule is N#Cc1c(C(F)(F)F)ccc(C(=O)O)c1CCl. The van der Waals surface area contributed by atoms with Gasteiger partial charge in [0.15, 0.2) is 0 Å². The monoisotopic (exact) mass is 263 g/mol. The van der Waals surface area contributed by atoms with Crippen molar-refractivity contribution in [2.45, 2.75) is 12.1 Å². The summed E-state index contributed by atoms with van der Waals surface area (Å²) in [6, 6.07) is 2.71. The van der Waals surface area contributed by atoms with Crippen molar-refractivity contribution in [3.8, 4) is 6.07 Å². The molecule has 0 amide bonds. The van der Waals surface area contributed by atoms with Gasteiger partial charge in [0, 0.05) is 5.88 Å². The zero-order valence-electron chi connectivity index (χ0n) is 8.18. The molecular formula is C10H5ClF3NO2. The highest BCUT2D eigenvalue weighted by atomic mass is 35.5. The van der Waals surface area contributed by atoms with Crippen LogP contribution in [0.5, 0.6) is 0 Å². The van der Waals surface area contributed by atoms with Gasteiger partial charge in [0.05, 0.1) is 16.7 Å². The van der Waals surface area contributed by atoms with Crippen molar-refractivity contribution in [3.63, 3.8) is 0 Å². The van der Waals surface area contributed by atoms with Crippen molar-refractivity contribution in [2.75, 3.05) is 0 Å². The number of hydrogen-bond acceptors (Lipinski definition) is 2. The Bertz CT molecular complexity index is 505. The van der Waals surface area contributed by atoms with Crippen molar-refractivity contribution in [2.24, 2.45) is 0 Å². The van der Waals surface area contributed by atoms with Crippen molar-refractivity contribution in [1.29, 1.82) is 5.26 Å². The summed E-state index contributed by atoms with van der Waals surface area (Å²) in [6.45, 7) is 0. The fourth-order valence-electron chi connectivity index (χ4n) is 1.35. The van der Waals surface area contributed by atoms with Crippen molar-refractivity contribution in [3.05, 3.63) is 34.4 Å². The number of nitriles is 1. The van der Waals surface area contributed by atoms with Gasteiger partial charge < -0.3 is 5.11 Å². The Morgan fingerprint density at radius 3 is 2.41 bits per heavy atom. The van der Waals surface area contributed by atoms with Crippen LogP contribution in [0.3, 0.4) is 0 Å². The molecule has 1 aromatic carbocycles. The van der Waals surface area contributed by atoms with Gasteiger partial charge in [-0.05, 0) is 17.7 Å². The van der Waals surface area contributed by atoms with Crippen LogP contribution in [-0.2, 0) is 12.1 Å². The topological polar surface area (TPSA) is 61.1 Å². The van der Waals surface area contributed by atoms with Crippen LogP contribution in [0.25, 0.3) is 0 Å². The summed E-state index contributed by atoms with van der Waals surface area (Å²) in [5.41, 5.74) is -2.64. The van der Waals surface area contributed by atoms with Crippen LogP contribution in [0.15, 0.2) is 12.1 Å². The lowest BCUT2D eigenvalue weighted by Gasteiger charge is -2.12. The Kier molecular flexibility index (Phi) is 3.63. The molecule has 1 rings (SSSR count). The minimum absolute atomic E-state index is 0.323. The van der Waals surface area contributed by atoms with Gasteiger partial charge in [-0.1, -0.05) is 0 Å². The molecule has 0 saturated heterocycles. The quantitative estimate of drug-likeness (QED) is 0.834. The number of carbonyl (C=O) groups is 1. The molecule has 17 heavy (non-hydrogen) atoms. The Labute approximate surface area is 99.0 Å². The van der Waals surface area contributed by atoms with E-state index in [9.17, 15) is 18.0 Å². The van der Waals surface area contributed by atoms with Gasteiger partial charge in [0.2, 0.25) is 0 Å². The molecule has 7 heteroatoms. The molecule has 0 unspecified atom stereocenters. The molecule has 1 N–H and O–H groups in total. The standard InChI is InChI=1S/C10H5ClF3NO2/c11-3-6-5(9(16)17)1-2-8(7(6)4-15)10(12,13)14/h1-2H,3H2,(H,16,17). The first-order valence-electron chi connectivity index (χ1n) is 4.25. The summed E-state index contributed by atoms with van der Waals surface area (Å²) in [7, 11) is 0. The van der Waals surface area contributed by atoms with Gasteiger partial charge >= 0.3 is 12.1 Å². The number of hydrogen-bond donors (Lipinski definition) is 1. The Hall–Kier alpha value is -1.74. The number of benzene rings is 1. The van der Waals surface area contributed by atoms with Crippen molar-refractivity contribution in [1.82, 2.24) is 0 Å². The maximum Gasteiger partial charge on any atom is 0.417 e. The summed E-state index contributed by atoms with van der Waals surface area (Å²) >= 11 is 5.40. The van der Waals surface area contributed by atoms with E-state index in [1.54, 1.807) is 0 Å². The normalized spacial score (nSPS) is 11.0. The van der Waals surface area contributed by atoms with Gasteiger partial charge in [-0.25, -0.2) is 4.79 Å². The highest BCUT2D eigenvalue weighted by molar-refractivity contribution is 6.18. The summed E-state index contributed by atoms with van der Waals surface area (Å²) in [5.74, 6) is -1.90. The maximum absolute atomic E-state index is 12.5. The van der Waals surface area contributed by atoms with Gasteiger partial charge in [-0.2, -0.15) is 18.4 Å². The van der Waals surface area contributed by atoms with Crippen molar-refractivity contribution >= 4 is 17.6 Å². The van der Waals surface area contributed by atoms with Crippen molar-refractivity contribution < 1.29 is 23.1 Å². The Balaban J connectivity index is 3.62. The van der Waals surface area contributed by atoms with Crippen LogP contribution < -0.4 is 0 Å². The molecule has 90 valence electrons. The fraction of sp³-hybridized carbons (Fsp3) is 0.200. The second-order valence-electron chi connectivity index (χ2n) is 3.06. The Morgan fingerprint density at radius 1 is 1.47 bits per heavy atom. The van der Waals surface area contributed by atoms with Crippen LogP contribution in [0.2, 0.25) is 0 Å². The molecule has 0 heterocycles. The molecule has 0 atom stereocenters. The van der Waals surface area contributed by atoms with Crippen LogP contribution in [0, 0.1) is 11.3 Å². The predicted molar refractivity (Wildman–Crippen MR) is 52.7 cm³/mol. The second-order valence-corrected chi connectivity index (χ2v) is 3.33. The molecule has 0 aromatic heterocycles. The molecule has 0 aliphatic rings. The number of nitrogens with zero attached hydrogens (tertiary/aromatic N) is 1. The summed E-state index contributed by atoms with van der Waals surface area (Å²) in [6.07, 6.45) is -4.72. The molecule has 0 saturated carbocycles. The second kappa shape index (κ2) is 4.63. The van der Waals surface area contributed by atoms with Gasteiger partial charge in [0.25, 0.3) is 0 Å². The predicted octanol–water partition coefficient (Wildman–Crippen LogP) is 3.01.